The van der Waals surface area contributed by atoms with Crippen molar-refractivity contribution in [2.45, 2.75) is 31.1 Å². The Balaban J connectivity index is 1.73. The maximum Gasteiger partial charge on any atom is 0.238 e. The van der Waals surface area contributed by atoms with Crippen LogP contribution in [0.1, 0.15) is 26.5 Å². The Morgan fingerprint density at radius 1 is 1.00 bits per heavy atom. The second-order valence-corrected chi connectivity index (χ2v) is 9.18. The molecule has 1 aromatic carbocycles. The molecule has 3 rings (SSSR count). The van der Waals surface area contributed by atoms with Crippen molar-refractivity contribution >= 4 is 21.5 Å². The van der Waals surface area contributed by atoms with Crippen molar-refractivity contribution in [2.24, 2.45) is 5.14 Å². The van der Waals surface area contributed by atoms with E-state index in [-0.39, 0.29) is 10.7 Å². The normalized spacial score (nSPS) is 15.9. The van der Waals surface area contributed by atoms with Crippen LogP contribution in [0.3, 0.4) is 0 Å². The molecule has 0 saturated carbocycles. The number of halogens is 1. The predicted molar refractivity (Wildman–Crippen MR) is 103 cm³/mol. The fourth-order valence-corrected chi connectivity index (χ4v) is 3.64. The molecular weight excluding hydrogens is 369 g/mol. The van der Waals surface area contributed by atoms with Gasteiger partial charge < -0.3 is 9.80 Å². The molecule has 2 heterocycles. The highest BCUT2D eigenvalue weighted by molar-refractivity contribution is 7.89. The molecule has 0 radical (unpaired) electrons. The fraction of sp³-hybridized carbons (Fsp3) is 0.444. The number of aromatic nitrogens is 2. The smallest absolute Gasteiger partial charge is 0.238 e. The third kappa shape index (κ3) is 4.19. The SMILES string of the molecule is CC(C)(C)c1ncnc(N2CCN(c3ccc(S(N)(=O)=O)cc3)CC2)c1F. The zero-order chi connectivity index (χ0) is 19.8. The van der Waals surface area contributed by atoms with Crippen LogP contribution in [0.4, 0.5) is 15.9 Å². The summed E-state index contributed by atoms with van der Waals surface area (Å²) in [6.07, 6.45) is 1.41. The van der Waals surface area contributed by atoms with Gasteiger partial charge in [-0.05, 0) is 24.3 Å². The van der Waals surface area contributed by atoms with E-state index in [1.807, 2.05) is 25.7 Å². The molecule has 27 heavy (non-hydrogen) atoms. The molecule has 0 atom stereocenters. The minimum atomic E-state index is -3.70. The van der Waals surface area contributed by atoms with Gasteiger partial charge in [0.2, 0.25) is 10.0 Å². The van der Waals surface area contributed by atoms with E-state index in [9.17, 15) is 12.8 Å². The second kappa shape index (κ2) is 7.05. The summed E-state index contributed by atoms with van der Waals surface area (Å²) < 4.78 is 37.6. The van der Waals surface area contributed by atoms with Crippen LogP contribution in [-0.2, 0) is 15.4 Å². The highest BCUT2D eigenvalue weighted by Crippen LogP contribution is 2.28. The van der Waals surface area contributed by atoms with Gasteiger partial charge >= 0.3 is 0 Å². The Kier molecular flexibility index (Phi) is 5.09. The average molecular weight is 393 g/mol. The first-order chi connectivity index (χ1) is 12.6. The van der Waals surface area contributed by atoms with E-state index in [1.165, 1.54) is 18.5 Å². The number of hydrogen-bond acceptors (Lipinski definition) is 6. The number of anilines is 2. The molecule has 0 unspecified atom stereocenters. The van der Waals surface area contributed by atoms with Crippen molar-refractivity contribution in [1.82, 2.24) is 9.97 Å². The van der Waals surface area contributed by atoms with Crippen LogP contribution in [0.25, 0.3) is 0 Å². The summed E-state index contributed by atoms with van der Waals surface area (Å²) in [5.41, 5.74) is 0.920. The van der Waals surface area contributed by atoms with E-state index < -0.39 is 15.4 Å². The molecular formula is C18H24FN5O2S. The third-order valence-corrected chi connectivity index (χ3v) is 5.52. The molecule has 1 fully saturated rings. The first kappa shape index (κ1) is 19.5. The Labute approximate surface area is 159 Å². The summed E-state index contributed by atoms with van der Waals surface area (Å²) in [6.45, 7) is 8.32. The lowest BCUT2D eigenvalue weighted by Crippen LogP contribution is -2.47. The maximum absolute atomic E-state index is 14.9. The lowest BCUT2D eigenvalue weighted by molar-refractivity contribution is 0.493. The molecule has 1 saturated heterocycles. The van der Waals surface area contributed by atoms with E-state index in [2.05, 4.69) is 14.9 Å². The van der Waals surface area contributed by atoms with E-state index >= 15 is 0 Å². The molecule has 0 bridgehead atoms. The minimum Gasteiger partial charge on any atom is -0.368 e. The number of primary sulfonamides is 1. The summed E-state index contributed by atoms with van der Waals surface area (Å²) >= 11 is 0. The Hall–Kier alpha value is -2.26. The van der Waals surface area contributed by atoms with Gasteiger partial charge in [0.15, 0.2) is 11.6 Å². The summed E-state index contributed by atoms with van der Waals surface area (Å²) in [5, 5.41) is 5.13. The van der Waals surface area contributed by atoms with Gasteiger partial charge in [0.05, 0.1) is 10.6 Å². The molecule has 0 amide bonds. The first-order valence-corrected chi connectivity index (χ1v) is 10.3. The molecule has 0 aliphatic carbocycles. The Morgan fingerprint density at radius 2 is 1.56 bits per heavy atom. The molecule has 146 valence electrons. The van der Waals surface area contributed by atoms with E-state index in [4.69, 9.17) is 5.14 Å². The van der Waals surface area contributed by atoms with Gasteiger partial charge in [0, 0.05) is 37.3 Å². The lowest BCUT2D eigenvalue weighted by Gasteiger charge is -2.37. The number of piperazine rings is 1. The number of hydrogen-bond donors (Lipinski definition) is 1. The molecule has 2 aromatic rings. The molecule has 1 aromatic heterocycles. The Bertz CT molecular complexity index is 918. The van der Waals surface area contributed by atoms with Gasteiger partial charge in [0.1, 0.15) is 6.33 Å². The summed E-state index contributed by atoms with van der Waals surface area (Å²) in [4.78, 5) is 12.4. The van der Waals surface area contributed by atoms with Gasteiger partial charge in [-0.3, -0.25) is 0 Å². The Morgan fingerprint density at radius 3 is 2.07 bits per heavy atom. The van der Waals surface area contributed by atoms with Gasteiger partial charge in [0.25, 0.3) is 0 Å². The monoisotopic (exact) mass is 393 g/mol. The van der Waals surface area contributed by atoms with Crippen molar-refractivity contribution in [2.75, 3.05) is 36.0 Å². The van der Waals surface area contributed by atoms with Crippen LogP contribution in [0.15, 0.2) is 35.5 Å². The number of benzene rings is 1. The summed E-state index contributed by atoms with van der Waals surface area (Å²) in [5.74, 6) is -0.0323. The van der Waals surface area contributed by atoms with Gasteiger partial charge in [-0.25, -0.2) is 27.9 Å². The third-order valence-electron chi connectivity index (χ3n) is 4.59. The number of rotatable bonds is 3. The van der Waals surface area contributed by atoms with Crippen molar-refractivity contribution in [3.8, 4) is 0 Å². The predicted octanol–water partition coefficient (Wildman–Crippen LogP) is 1.89. The minimum absolute atomic E-state index is 0.0858. The second-order valence-electron chi connectivity index (χ2n) is 7.62. The van der Waals surface area contributed by atoms with Gasteiger partial charge in [-0.15, -0.1) is 0 Å². The first-order valence-electron chi connectivity index (χ1n) is 8.71. The summed E-state index contributed by atoms with van der Waals surface area (Å²) in [6, 6.07) is 6.46. The topological polar surface area (TPSA) is 92.4 Å². The van der Waals surface area contributed by atoms with Crippen LogP contribution < -0.4 is 14.9 Å². The molecule has 2 N–H and O–H groups in total. The highest BCUT2D eigenvalue weighted by atomic mass is 32.2. The number of nitrogens with two attached hydrogens (primary N) is 1. The zero-order valence-electron chi connectivity index (χ0n) is 15.7. The fourth-order valence-electron chi connectivity index (χ4n) is 3.13. The van der Waals surface area contributed by atoms with Crippen molar-refractivity contribution in [1.29, 1.82) is 0 Å². The maximum atomic E-state index is 14.9. The zero-order valence-corrected chi connectivity index (χ0v) is 16.5. The largest absolute Gasteiger partial charge is 0.368 e. The standard InChI is InChI=1S/C18H24FN5O2S/c1-18(2,3)16-15(19)17(22-12-21-16)24-10-8-23(9-11-24)13-4-6-14(7-5-13)27(20,25)26/h4-7,12H,8-11H2,1-3H3,(H2,20,25,26). The van der Waals surface area contributed by atoms with Crippen molar-refractivity contribution in [3.63, 3.8) is 0 Å². The van der Waals surface area contributed by atoms with Crippen molar-refractivity contribution < 1.29 is 12.8 Å². The van der Waals surface area contributed by atoms with E-state index in [1.54, 1.807) is 12.1 Å². The lowest BCUT2D eigenvalue weighted by atomic mass is 9.91. The van der Waals surface area contributed by atoms with Crippen LogP contribution in [0.5, 0.6) is 0 Å². The van der Waals surface area contributed by atoms with Crippen LogP contribution in [0.2, 0.25) is 0 Å². The molecule has 0 spiro atoms. The average Bonchev–Trinajstić information content (AvgIpc) is 2.60. The quantitative estimate of drug-likeness (QED) is 0.856. The number of nitrogens with zero attached hydrogens (tertiary/aromatic N) is 4. The molecule has 9 heteroatoms. The van der Waals surface area contributed by atoms with Crippen molar-refractivity contribution in [3.05, 3.63) is 42.1 Å². The molecule has 1 aliphatic heterocycles. The van der Waals surface area contributed by atoms with Crippen LogP contribution in [0, 0.1) is 5.82 Å². The van der Waals surface area contributed by atoms with Gasteiger partial charge in [-0.1, -0.05) is 20.8 Å². The summed E-state index contributed by atoms with van der Waals surface area (Å²) in [7, 11) is -3.70. The van der Waals surface area contributed by atoms with E-state index in [0.29, 0.717) is 37.7 Å². The molecule has 7 nitrogen and oxygen atoms in total. The van der Waals surface area contributed by atoms with Crippen LogP contribution >= 0.6 is 0 Å². The van der Waals surface area contributed by atoms with Crippen LogP contribution in [-0.4, -0.2) is 44.6 Å². The number of sulfonamides is 1. The highest BCUT2D eigenvalue weighted by Gasteiger charge is 2.27. The van der Waals surface area contributed by atoms with Gasteiger partial charge in [-0.2, -0.15) is 0 Å². The van der Waals surface area contributed by atoms with E-state index in [0.717, 1.165) is 5.69 Å². The molecule has 1 aliphatic rings.